The molecule has 0 heterocycles. The van der Waals surface area contributed by atoms with Crippen molar-refractivity contribution in [1.82, 2.24) is 0 Å². The number of hydrogen-bond donors (Lipinski definition) is 1. The van der Waals surface area contributed by atoms with Crippen molar-refractivity contribution in [2.75, 3.05) is 25.6 Å². The third kappa shape index (κ3) is 3.01. The van der Waals surface area contributed by atoms with E-state index in [1.165, 1.54) is 5.56 Å². The van der Waals surface area contributed by atoms with Crippen molar-refractivity contribution < 1.29 is 4.74 Å². The van der Waals surface area contributed by atoms with Crippen LogP contribution >= 0.6 is 15.9 Å². The summed E-state index contributed by atoms with van der Waals surface area (Å²) in [5.41, 5.74) is 2.39. The molecule has 0 saturated carbocycles. The second kappa shape index (κ2) is 5.25. The van der Waals surface area contributed by atoms with Crippen LogP contribution in [0.25, 0.3) is 0 Å². The monoisotopic (exact) mass is 243 g/mol. The number of benzene rings is 1. The van der Waals surface area contributed by atoms with Crippen molar-refractivity contribution in [3.8, 4) is 0 Å². The van der Waals surface area contributed by atoms with Gasteiger partial charge in [-0.15, -0.1) is 0 Å². The maximum atomic E-state index is 4.96. The van der Waals surface area contributed by atoms with Crippen LogP contribution in [0.3, 0.4) is 0 Å². The SMILES string of the molecule is COCCNc1cccc(Br)c1C. The number of ether oxygens (including phenoxy) is 1. The summed E-state index contributed by atoms with van der Waals surface area (Å²) in [6.07, 6.45) is 0. The number of halogens is 1. The fourth-order valence-corrected chi connectivity index (χ4v) is 1.45. The van der Waals surface area contributed by atoms with Crippen molar-refractivity contribution in [3.05, 3.63) is 28.2 Å². The summed E-state index contributed by atoms with van der Waals surface area (Å²) in [5, 5.41) is 3.30. The van der Waals surface area contributed by atoms with Crippen LogP contribution in [0.1, 0.15) is 5.56 Å². The van der Waals surface area contributed by atoms with Crippen LogP contribution in [0.2, 0.25) is 0 Å². The van der Waals surface area contributed by atoms with Crippen LogP contribution in [-0.2, 0) is 4.74 Å². The predicted molar refractivity (Wildman–Crippen MR) is 59.2 cm³/mol. The summed E-state index contributed by atoms with van der Waals surface area (Å²) in [4.78, 5) is 0. The second-order valence-electron chi connectivity index (χ2n) is 2.83. The molecule has 3 heteroatoms. The maximum Gasteiger partial charge on any atom is 0.0635 e. The molecule has 0 aromatic heterocycles. The van der Waals surface area contributed by atoms with Gasteiger partial charge < -0.3 is 10.1 Å². The number of anilines is 1. The molecule has 1 aromatic carbocycles. The maximum absolute atomic E-state index is 4.96. The van der Waals surface area contributed by atoms with E-state index in [1.807, 2.05) is 12.1 Å². The summed E-state index contributed by atoms with van der Waals surface area (Å²) >= 11 is 3.48. The first-order valence-electron chi connectivity index (χ1n) is 4.23. The van der Waals surface area contributed by atoms with Crippen molar-refractivity contribution in [1.29, 1.82) is 0 Å². The summed E-state index contributed by atoms with van der Waals surface area (Å²) < 4.78 is 6.09. The molecule has 72 valence electrons. The highest BCUT2D eigenvalue weighted by Crippen LogP contribution is 2.22. The van der Waals surface area contributed by atoms with E-state index in [4.69, 9.17) is 4.74 Å². The lowest BCUT2D eigenvalue weighted by Gasteiger charge is -2.09. The highest BCUT2D eigenvalue weighted by Gasteiger charge is 1.99. The molecule has 0 fully saturated rings. The summed E-state index contributed by atoms with van der Waals surface area (Å²) in [7, 11) is 1.70. The van der Waals surface area contributed by atoms with Gasteiger partial charge in [-0.05, 0) is 24.6 Å². The number of rotatable bonds is 4. The molecule has 0 bridgehead atoms. The highest BCUT2D eigenvalue weighted by molar-refractivity contribution is 9.10. The molecule has 0 aliphatic rings. The second-order valence-corrected chi connectivity index (χ2v) is 3.69. The van der Waals surface area contributed by atoms with Crippen LogP contribution in [0.5, 0.6) is 0 Å². The Labute approximate surface area is 87.4 Å². The Morgan fingerprint density at radius 3 is 2.92 bits per heavy atom. The molecule has 0 amide bonds. The van der Waals surface area contributed by atoms with Gasteiger partial charge in [0.2, 0.25) is 0 Å². The number of nitrogens with one attached hydrogen (secondary N) is 1. The average molecular weight is 244 g/mol. The van der Waals surface area contributed by atoms with E-state index in [0.29, 0.717) is 0 Å². The normalized spacial score (nSPS) is 10.1. The van der Waals surface area contributed by atoms with Gasteiger partial charge in [0.15, 0.2) is 0 Å². The van der Waals surface area contributed by atoms with Crippen molar-refractivity contribution in [2.24, 2.45) is 0 Å². The third-order valence-corrected chi connectivity index (χ3v) is 2.75. The Bertz CT molecular complexity index is 276. The van der Waals surface area contributed by atoms with E-state index in [1.54, 1.807) is 7.11 Å². The minimum absolute atomic E-state index is 0.728. The van der Waals surface area contributed by atoms with Crippen LogP contribution in [0.4, 0.5) is 5.69 Å². The standard InChI is InChI=1S/C10H14BrNO/c1-8-9(11)4-3-5-10(8)12-6-7-13-2/h3-5,12H,6-7H2,1-2H3. The highest BCUT2D eigenvalue weighted by atomic mass is 79.9. The molecule has 2 nitrogen and oxygen atoms in total. The van der Waals surface area contributed by atoms with E-state index in [9.17, 15) is 0 Å². The van der Waals surface area contributed by atoms with Crippen molar-refractivity contribution >= 4 is 21.6 Å². The van der Waals surface area contributed by atoms with Gasteiger partial charge in [0.25, 0.3) is 0 Å². The first-order chi connectivity index (χ1) is 6.25. The lowest BCUT2D eigenvalue weighted by molar-refractivity contribution is 0.211. The summed E-state index contributed by atoms with van der Waals surface area (Å²) in [5.74, 6) is 0. The van der Waals surface area contributed by atoms with Crippen molar-refractivity contribution in [2.45, 2.75) is 6.92 Å². The van der Waals surface area contributed by atoms with Crippen LogP contribution in [0, 0.1) is 6.92 Å². The van der Waals surface area contributed by atoms with Gasteiger partial charge in [0.05, 0.1) is 6.61 Å². The first kappa shape index (κ1) is 10.5. The van der Waals surface area contributed by atoms with Crippen molar-refractivity contribution in [3.63, 3.8) is 0 Å². The molecule has 0 spiro atoms. The van der Waals surface area contributed by atoms with Crippen LogP contribution < -0.4 is 5.32 Å². The lowest BCUT2D eigenvalue weighted by atomic mass is 10.2. The fourth-order valence-electron chi connectivity index (χ4n) is 1.09. The van der Waals surface area contributed by atoms with Gasteiger partial charge in [0.1, 0.15) is 0 Å². The molecule has 1 N–H and O–H groups in total. The molecule has 13 heavy (non-hydrogen) atoms. The molecular weight excluding hydrogens is 230 g/mol. The van der Waals surface area contributed by atoms with Gasteiger partial charge in [-0.1, -0.05) is 22.0 Å². The van der Waals surface area contributed by atoms with Crippen LogP contribution in [-0.4, -0.2) is 20.3 Å². The van der Waals surface area contributed by atoms with E-state index >= 15 is 0 Å². The van der Waals surface area contributed by atoms with Gasteiger partial charge in [0, 0.05) is 23.8 Å². The molecule has 0 saturated heterocycles. The van der Waals surface area contributed by atoms with Gasteiger partial charge in [-0.3, -0.25) is 0 Å². The first-order valence-corrected chi connectivity index (χ1v) is 5.03. The van der Waals surface area contributed by atoms with Gasteiger partial charge in [-0.2, -0.15) is 0 Å². The average Bonchev–Trinajstić information content (AvgIpc) is 2.13. The summed E-state index contributed by atoms with van der Waals surface area (Å²) in [6.45, 7) is 3.65. The molecular formula is C10H14BrNO. The summed E-state index contributed by atoms with van der Waals surface area (Å²) in [6, 6.07) is 6.12. The Hall–Kier alpha value is -0.540. The minimum Gasteiger partial charge on any atom is -0.383 e. The molecule has 0 aliphatic carbocycles. The zero-order valence-electron chi connectivity index (χ0n) is 7.93. The van der Waals surface area contributed by atoms with E-state index in [-0.39, 0.29) is 0 Å². The number of hydrogen-bond acceptors (Lipinski definition) is 2. The third-order valence-electron chi connectivity index (χ3n) is 1.89. The Morgan fingerprint density at radius 2 is 2.23 bits per heavy atom. The largest absolute Gasteiger partial charge is 0.383 e. The molecule has 0 atom stereocenters. The molecule has 0 unspecified atom stereocenters. The Morgan fingerprint density at radius 1 is 1.46 bits per heavy atom. The number of methoxy groups -OCH3 is 1. The Balaban J connectivity index is 2.61. The van der Waals surface area contributed by atoms with E-state index in [0.717, 1.165) is 23.3 Å². The van der Waals surface area contributed by atoms with Gasteiger partial charge >= 0.3 is 0 Å². The Kier molecular flexibility index (Phi) is 4.25. The van der Waals surface area contributed by atoms with Gasteiger partial charge in [-0.25, -0.2) is 0 Å². The molecule has 1 aromatic rings. The minimum atomic E-state index is 0.728. The molecule has 0 aliphatic heterocycles. The van der Waals surface area contributed by atoms with E-state index < -0.39 is 0 Å². The fraction of sp³-hybridized carbons (Fsp3) is 0.400. The lowest BCUT2D eigenvalue weighted by Crippen LogP contribution is -2.08. The van der Waals surface area contributed by atoms with Crippen LogP contribution in [0.15, 0.2) is 22.7 Å². The topological polar surface area (TPSA) is 21.3 Å². The molecule has 1 rings (SSSR count). The zero-order valence-corrected chi connectivity index (χ0v) is 9.52. The van der Waals surface area contributed by atoms with E-state index in [2.05, 4.69) is 34.2 Å². The molecule has 0 radical (unpaired) electrons. The quantitative estimate of drug-likeness (QED) is 0.822. The zero-order chi connectivity index (χ0) is 9.68. The smallest absolute Gasteiger partial charge is 0.0635 e. The predicted octanol–water partition coefficient (Wildman–Crippen LogP) is 2.82.